The Bertz CT molecular complexity index is 315. The quantitative estimate of drug-likeness (QED) is 0.723. The summed E-state index contributed by atoms with van der Waals surface area (Å²) in [5.74, 6) is 0.292. The fourth-order valence-corrected chi connectivity index (χ4v) is 1.71. The molecule has 76 valence electrons. The number of aliphatic hydroxyl groups is 1. The maximum absolute atomic E-state index is 8.98. The molecule has 0 saturated carbocycles. The van der Waals surface area contributed by atoms with E-state index in [1.807, 2.05) is 6.92 Å². The van der Waals surface area contributed by atoms with E-state index in [0.717, 1.165) is 12.0 Å². The molecule has 14 heavy (non-hydrogen) atoms. The van der Waals surface area contributed by atoms with Crippen LogP contribution in [0.1, 0.15) is 30.4 Å². The molecule has 0 aliphatic rings. The highest BCUT2D eigenvalue weighted by molar-refractivity contribution is 5.30. The lowest BCUT2D eigenvalue weighted by molar-refractivity contribution is 0.281. The van der Waals surface area contributed by atoms with Gasteiger partial charge in [0.1, 0.15) is 0 Å². The van der Waals surface area contributed by atoms with Crippen molar-refractivity contribution in [2.75, 3.05) is 6.61 Å². The summed E-state index contributed by atoms with van der Waals surface area (Å²) in [4.78, 5) is 0. The lowest BCUT2D eigenvalue weighted by Crippen LogP contribution is -2.02. The number of aliphatic hydroxyl groups excluding tert-OH is 1. The van der Waals surface area contributed by atoms with Crippen LogP contribution in [0.25, 0.3) is 0 Å². The SMILES string of the molecule is C=C(C)C(CCO)c1cccc(C)c1. The third kappa shape index (κ3) is 2.71. The summed E-state index contributed by atoms with van der Waals surface area (Å²) in [5.41, 5.74) is 3.63. The molecule has 0 aliphatic heterocycles. The zero-order chi connectivity index (χ0) is 10.6. The molecule has 1 aromatic carbocycles. The van der Waals surface area contributed by atoms with Gasteiger partial charge in [0.25, 0.3) is 0 Å². The number of allylic oxidation sites excluding steroid dienone is 1. The standard InChI is InChI=1S/C13H18O/c1-10(2)13(7-8-14)12-6-4-5-11(3)9-12/h4-6,9,13-14H,1,7-8H2,2-3H3. The molecule has 0 saturated heterocycles. The lowest BCUT2D eigenvalue weighted by atomic mass is 9.89. The van der Waals surface area contributed by atoms with Gasteiger partial charge in [-0.1, -0.05) is 42.0 Å². The second-order valence-electron chi connectivity index (χ2n) is 3.83. The summed E-state index contributed by atoms with van der Waals surface area (Å²) < 4.78 is 0. The Kier molecular flexibility index (Phi) is 3.90. The highest BCUT2D eigenvalue weighted by Gasteiger charge is 2.11. The van der Waals surface area contributed by atoms with E-state index in [0.29, 0.717) is 5.92 Å². The third-order valence-electron chi connectivity index (χ3n) is 2.46. The molecule has 0 radical (unpaired) electrons. The summed E-state index contributed by atoms with van der Waals surface area (Å²) in [5, 5.41) is 8.98. The molecule has 1 aromatic rings. The minimum Gasteiger partial charge on any atom is -0.396 e. The van der Waals surface area contributed by atoms with E-state index in [1.165, 1.54) is 11.1 Å². The van der Waals surface area contributed by atoms with Gasteiger partial charge in [-0.2, -0.15) is 0 Å². The van der Waals surface area contributed by atoms with Gasteiger partial charge >= 0.3 is 0 Å². The second kappa shape index (κ2) is 4.97. The molecule has 0 spiro atoms. The number of aryl methyl sites for hydroxylation is 1. The predicted molar refractivity (Wildman–Crippen MR) is 60.4 cm³/mol. The molecule has 1 unspecified atom stereocenters. The molecule has 1 nitrogen and oxygen atoms in total. The zero-order valence-electron chi connectivity index (χ0n) is 8.96. The van der Waals surface area contributed by atoms with E-state index in [-0.39, 0.29) is 6.61 Å². The Morgan fingerprint density at radius 2 is 2.21 bits per heavy atom. The van der Waals surface area contributed by atoms with Crippen LogP contribution in [-0.4, -0.2) is 11.7 Å². The van der Waals surface area contributed by atoms with E-state index in [9.17, 15) is 0 Å². The van der Waals surface area contributed by atoms with Crippen molar-refractivity contribution in [1.82, 2.24) is 0 Å². The predicted octanol–water partition coefficient (Wildman–Crippen LogP) is 3.04. The summed E-state index contributed by atoms with van der Waals surface area (Å²) in [6, 6.07) is 8.40. The summed E-state index contributed by atoms with van der Waals surface area (Å²) in [7, 11) is 0. The highest BCUT2D eigenvalue weighted by Crippen LogP contribution is 2.26. The Morgan fingerprint density at radius 3 is 2.71 bits per heavy atom. The molecule has 1 atom stereocenters. The fourth-order valence-electron chi connectivity index (χ4n) is 1.71. The van der Waals surface area contributed by atoms with Gasteiger partial charge in [0, 0.05) is 12.5 Å². The second-order valence-corrected chi connectivity index (χ2v) is 3.83. The van der Waals surface area contributed by atoms with Gasteiger partial charge in [-0.05, 0) is 25.8 Å². The minimum atomic E-state index is 0.214. The van der Waals surface area contributed by atoms with E-state index in [1.54, 1.807) is 0 Å². The molecular weight excluding hydrogens is 172 g/mol. The van der Waals surface area contributed by atoms with Crippen molar-refractivity contribution in [3.05, 3.63) is 47.5 Å². The van der Waals surface area contributed by atoms with Gasteiger partial charge in [0.15, 0.2) is 0 Å². The van der Waals surface area contributed by atoms with Crippen LogP contribution in [0, 0.1) is 6.92 Å². The van der Waals surface area contributed by atoms with Crippen LogP contribution in [0.4, 0.5) is 0 Å². The van der Waals surface area contributed by atoms with Crippen molar-refractivity contribution in [2.45, 2.75) is 26.2 Å². The summed E-state index contributed by atoms with van der Waals surface area (Å²) in [6.07, 6.45) is 0.763. The first-order valence-electron chi connectivity index (χ1n) is 4.98. The molecule has 0 aliphatic carbocycles. The van der Waals surface area contributed by atoms with E-state index >= 15 is 0 Å². The molecule has 0 amide bonds. The van der Waals surface area contributed by atoms with Crippen LogP contribution >= 0.6 is 0 Å². The Balaban J connectivity index is 2.93. The molecule has 0 heterocycles. The number of hydrogen-bond donors (Lipinski definition) is 1. The van der Waals surface area contributed by atoms with E-state index in [2.05, 4.69) is 37.8 Å². The van der Waals surface area contributed by atoms with Crippen molar-refractivity contribution < 1.29 is 5.11 Å². The van der Waals surface area contributed by atoms with Crippen molar-refractivity contribution >= 4 is 0 Å². The van der Waals surface area contributed by atoms with Crippen LogP contribution in [0.3, 0.4) is 0 Å². The Hall–Kier alpha value is -1.08. The summed E-state index contributed by atoms with van der Waals surface area (Å²) in [6.45, 7) is 8.28. The lowest BCUT2D eigenvalue weighted by Gasteiger charge is -2.16. The van der Waals surface area contributed by atoms with Gasteiger partial charge in [-0.25, -0.2) is 0 Å². The average Bonchev–Trinajstić information content (AvgIpc) is 2.13. The maximum atomic E-state index is 8.98. The highest BCUT2D eigenvalue weighted by atomic mass is 16.3. The fraction of sp³-hybridized carbons (Fsp3) is 0.385. The minimum absolute atomic E-state index is 0.214. The van der Waals surface area contributed by atoms with Crippen molar-refractivity contribution in [3.63, 3.8) is 0 Å². The van der Waals surface area contributed by atoms with Crippen molar-refractivity contribution in [2.24, 2.45) is 0 Å². The number of rotatable bonds is 4. The number of hydrogen-bond acceptors (Lipinski definition) is 1. The summed E-state index contributed by atoms with van der Waals surface area (Å²) >= 11 is 0. The molecular formula is C13H18O. The van der Waals surface area contributed by atoms with E-state index in [4.69, 9.17) is 5.11 Å². The first-order valence-corrected chi connectivity index (χ1v) is 4.98. The van der Waals surface area contributed by atoms with Crippen LogP contribution in [-0.2, 0) is 0 Å². The van der Waals surface area contributed by atoms with Gasteiger partial charge in [0.05, 0.1) is 0 Å². The normalized spacial score (nSPS) is 12.5. The zero-order valence-corrected chi connectivity index (χ0v) is 8.96. The van der Waals surface area contributed by atoms with Crippen LogP contribution in [0.2, 0.25) is 0 Å². The van der Waals surface area contributed by atoms with Crippen LogP contribution < -0.4 is 0 Å². The van der Waals surface area contributed by atoms with Gasteiger partial charge in [-0.15, -0.1) is 0 Å². The van der Waals surface area contributed by atoms with Crippen LogP contribution in [0.5, 0.6) is 0 Å². The van der Waals surface area contributed by atoms with Gasteiger partial charge < -0.3 is 5.11 Å². The molecule has 0 aromatic heterocycles. The number of benzene rings is 1. The molecule has 1 N–H and O–H groups in total. The van der Waals surface area contributed by atoms with Gasteiger partial charge in [-0.3, -0.25) is 0 Å². The average molecular weight is 190 g/mol. The topological polar surface area (TPSA) is 20.2 Å². The first kappa shape index (κ1) is 11.0. The molecule has 1 heteroatoms. The molecule has 0 bridgehead atoms. The Labute approximate surface area is 86.1 Å². The monoisotopic (exact) mass is 190 g/mol. The largest absolute Gasteiger partial charge is 0.396 e. The molecule has 1 rings (SSSR count). The molecule has 0 fully saturated rings. The third-order valence-corrected chi connectivity index (χ3v) is 2.46. The Morgan fingerprint density at radius 1 is 1.50 bits per heavy atom. The van der Waals surface area contributed by atoms with E-state index < -0.39 is 0 Å². The van der Waals surface area contributed by atoms with Crippen molar-refractivity contribution in [1.29, 1.82) is 0 Å². The van der Waals surface area contributed by atoms with Crippen molar-refractivity contribution in [3.8, 4) is 0 Å². The smallest absolute Gasteiger partial charge is 0.0439 e. The maximum Gasteiger partial charge on any atom is 0.0439 e. The van der Waals surface area contributed by atoms with Gasteiger partial charge in [0.2, 0.25) is 0 Å². The first-order chi connectivity index (χ1) is 6.65. The van der Waals surface area contributed by atoms with Crippen LogP contribution in [0.15, 0.2) is 36.4 Å².